The van der Waals surface area contributed by atoms with Gasteiger partial charge in [-0.3, -0.25) is 14.5 Å². The van der Waals surface area contributed by atoms with Gasteiger partial charge >= 0.3 is 0 Å². The average Bonchev–Trinajstić information content (AvgIpc) is 3.29. The van der Waals surface area contributed by atoms with Crippen LogP contribution in [0.15, 0.2) is 67.0 Å². The molecule has 0 radical (unpaired) electrons. The Morgan fingerprint density at radius 3 is 2.57 bits per heavy atom. The molecule has 0 bridgehead atoms. The van der Waals surface area contributed by atoms with Gasteiger partial charge in [-0.25, -0.2) is 18.7 Å². The lowest BCUT2D eigenvalue weighted by molar-refractivity contribution is 0.0946. The summed E-state index contributed by atoms with van der Waals surface area (Å²) >= 11 is 0. The normalized spacial score (nSPS) is 11.1. The molecule has 3 aromatic heterocycles. The summed E-state index contributed by atoms with van der Waals surface area (Å²) in [5.41, 5.74) is 8.44. The molecule has 0 saturated heterocycles. The van der Waals surface area contributed by atoms with Crippen LogP contribution in [0.25, 0.3) is 33.5 Å². The van der Waals surface area contributed by atoms with Gasteiger partial charge in [-0.15, -0.1) is 0 Å². The molecule has 174 valence electrons. The summed E-state index contributed by atoms with van der Waals surface area (Å²) in [5.74, 6) is -2.38. The number of nitrogen functional groups attached to an aromatic ring is 1. The van der Waals surface area contributed by atoms with Gasteiger partial charge in [0.05, 0.1) is 11.2 Å². The number of benzene rings is 2. The third-order valence-corrected chi connectivity index (χ3v) is 5.46. The van der Waals surface area contributed by atoms with E-state index in [9.17, 15) is 13.6 Å². The number of hydrogen-bond donors (Lipinski definition) is 2. The SMILES string of the molecule is Cn1ccc(-c2nc(N)c(C(=O)NCc3c(F)cccc3F)nc2-c2ccc3ncccc3c2)n1. The minimum absolute atomic E-state index is 0.136. The highest BCUT2D eigenvalue weighted by atomic mass is 19.1. The van der Waals surface area contributed by atoms with Crippen LogP contribution < -0.4 is 11.1 Å². The number of aromatic nitrogens is 5. The number of carbonyl (C=O) groups excluding carboxylic acids is 1. The molecule has 3 N–H and O–H groups in total. The fraction of sp³-hybridized carbons (Fsp3) is 0.0800. The molecule has 5 aromatic rings. The summed E-state index contributed by atoms with van der Waals surface area (Å²) in [6.45, 7) is -0.378. The van der Waals surface area contributed by atoms with Gasteiger partial charge in [0.1, 0.15) is 23.0 Å². The van der Waals surface area contributed by atoms with Crippen molar-refractivity contribution in [2.45, 2.75) is 6.54 Å². The van der Waals surface area contributed by atoms with Gasteiger partial charge in [0.15, 0.2) is 11.5 Å². The van der Waals surface area contributed by atoms with Gasteiger partial charge < -0.3 is 11.1 Å². The molecule has 0 aliphatic rings. The number of halogens is 2. The minimum atomic E-state index is -0.764. The Labute approximate surface area is 198 Å². The van der Waals surface area contributed by atoms with Gasteiger partial charge in [0, 0.05) is 42.5 Å². The molecule has 1 amide bonds. The monoisotopic (exact) mass is 471 g/mol. The molecular weight excluding hydrogens is 452 g/mol. The van der Waals surface area contributed by atoms with E-state index < -0.39 is 17.5 Å². The summed E-state index contributed by atoms with van der Waals surface area (Å²) in [5, 5.41) is 7.75. The largest absolute Gasteiger partial charge is 0.382 e. The second-order valence-corrected chi connectivity index (χ2v) is 7.82. The first-order valence-electron chi connectivity index (χ1n) is 10.6. The maximum Gasteiger partial charge on any atom is 0.274 e. The van der Waals surface area contributed by atoms with Crippen molar-refractivity contribution in [3.8, 4) is 22.6 Å². The van der Waals surface area contributed by atoms with Crippen LogP contribution in [-0.2, 0) is 13.6 Å². The van der Waals surface area contributed by atoms with Crippen LogP contribution in [0.2, 0.25) is 0 Å². The number of rotatable bonds is 5. The summed E-state index contributed by atoms with van der Waals surface area (Å²) in [6, 6.07) is 14.5. The Bertz CT molecular complexity index is 1560. The number of nitrogens with zero attached hydrogens (tertiary/aromatic N) is 5. The van der Waals surface area contributed by atoms with E-state index in [4.69, 9.17) is 5.73 Å². The molecular formula is C25H19F2N7O. The maximum atomic E-state index is 14.0. The molecule has 10 heteroatoms. The first kappa shape index (κ1) is 22.1. The van der Waals surface area contributed by atoms with E-state index in [0.717, 1.165) is 23.0 Å². The summed E-state index contributed by atoms with van der Waals surface area (Å²) in [7, 11) is 1.77. The Hall–Kier alpha value is -4.73. The maximum absolute atomic E-state index is 14.0. The highest BCUT2D eigenvalue weighted by Crippen LogP contribution is 2.31. The van der Waals surface area contributed by atoms with Crippen molar-refractivity contribution in [2.24, 2.45) is 7.05 Å². The Kier molecular flexibility index (Phi) is 5.61. The van der Waals surface area contributed by atoms with Gasteiger partial charge in [-0.1, -0.05) is 18.2 Å². The van der Waals surface area contributed by atoms with E-state index in [0.29, 0.717) is 22.6 Å². The second kappa shape index (κ2) is 8.90. The van der Waals surface area contributed by atoms with Gasteiger partial charge in [-0.05, 0) is 36.4 Å². The molecule has 35 heavy (non-hydrogen) atoms. The van der Waals surface area contributed by atoms with Crippen molar-refractivity contribution < 1.29 is 13.6 Å². The third-order valence-electron chi connectivity index (χ3n) is 5.46. The summed E-state index contributed by atoms with van der Waals surface area (Å²) in [6.07, 6.45) is 3.45. The van der Waals surface area contributed by atoms with E-state index in [-0.39, 0.29) is 23.6 Å². The van der Waals surface area contributed by atoms with Crippen LogP contribution in [0.4, 0.5) is 14.6 Å². The van der Waals surface area contributed by atoms with Crippen molar-refractivity contribution in [3.05, 3.63) is 89.9 Å². The predicted molar refractivity (Wildman–Crippen MR) is 127 cm³/mol. The Balaban J connectivity index is 1.58. The number of nitrogens with two attached hydrogens (primary N) is 1. The van der Waals surface area contributed by atoms with Crippen LogP contribution in [0.3, 0.4) is 0 Å². The van der Waals surface area contributed by atoms with Crippen molar-refractivity contribution >= 4 is 22.6 Å². The Morgan fingerprint density at radius 2 is 1.83 bits per heavy atom. The first-order chi connectivity index (χ1) is 16.9. The summed E-state index contributed by atoms with van der Waals surface area (Å²) < 4.78 is 29.6. The fourth-order valence-electron chi connectivity index (χ4n) is 3.71. The molecule has 5 rings (SSSR count). The third kappa shape index (κ3) is 4.29. The van der Waals surface area contributed by atoms with Gasteiger partial charge in [0.25, 0.3) is 5.91 Å². The molecule has 8 nitrogen and oxygen atoms in total. The molecule has 0 aliphatic heterocycles. The number of fused-ring (bicyclic) bond motifs is 1. The van der Waals surface area contributed by atoms with Crippen LogP contribution in [0.1, 0.15) is 16.1 Å². The lowest BCUT2D eigenvalue weighted by Gasteiger charge is -2.13. The second-order valence-electron chi connectivity index (χ2n) is 7.82. The highest BCUT2D eigenvalue weighted by Gasteiger charge is 2.22. The molecule has 2 aromatic carbocycles. The number of nitrogens with one attached hydrogen (secondary N) is 1. The topological polar surface area (TPSA) is 112 Å². The highest BCUT2D eigenvalue weighted by molar-refractivity contribution is 5.98. The molecule has 0 aliphatic carbocycles. The van der Waals surface area contributed by atoms with Gasteiger partial charge in [0.2, 0.25) is 0 Å². The molecule has 0 saturated carbocycles. The molecule has 0 atom stereocenters. The molecule has 0 spiro atoms. The van der Waals surface area contributed by atoms with E-state index >= 15 is 0 Å². The fourth-order valence-corrected chi connectivity index (χ4v) is 3.71. The van der Waals surface area contributed by atoms with Crippen molar-refractivity contribution in [1.82, 2.24) is 30.0 Å². The number of pyridine rings is 1. The number of amides is 1. The lowest BCUT2D eigenvalue weighted by Crippen LogP contribution is -2.26. The van der Waals surface area contributed by atoms with Crippen LogP contribution in [-0.4, -0.2) is 30.6 Å². The van der Waals surface area contributed by atoms with E-state index in [1.54, 1.807) is 30.2 Å². The summed E-state index contributed by atoms with van der Waals surface area (Å²) in [4.78, 5) is 26.2. The van der Waals surface area contributed by atoms with E-state index in [1.165, 1.54) is 6.07 Å². The lowest BCUT2D eigenvalue weighted by atomic mass is 10.0. The van der Waals surface area contributed by atoms with Gasteiger partial charge in [-0.2, -0.15) is 5.10 Å². The number of aryl methyl sites for hydroxylation is 1. The zero-order valence-corrected chi connectivity index (χ0v) is 18.5. The smallest absolute Gasteiger partial charge is 0.274 e. The van der Waals surface area contributed by atoms with E-state index in [1.807, 2.05) is 30.3 Å². The molecule has 3 heterocycles. The quantitative estimate of drug-likeness (QED) is 0.402. The van der Waals surface area contributed by atoms with Crippen molar-refractivity contribution in [1.29, 1.82) is 0 Å². The van der Waals surface area contributed by atoms with E-state index in [2.05, 4.69) is 25.4 Å². The van der Waals surface area contributed by atoms with Crippen molar-refractivity contribution in [3.63, 3.8) is 0 Å². The number of carbonyl (C=O) groups is 1. The predicted octanol–water partition coefficient (Wildman–Crippen LogP) is 3.88. The Morgan fingerprint density at radius 1 is 1.03 bits per heavy atom. The zero-order valence-electron chi connectivity index (χ0n) is 18.5. The number of hydrogen-bond acceptors (Lipinski definition) is 6. The van der Waals surface area contributed by atoms with Crippen LogP contribution in [0.5, 0.6) is 0 Å². The van der Waals surface area contributed by atoms with Crippen molar-refractivity contribution in [2.75, 3.05) is 5.73 Å². The first-order valence-corrected chi connectivity index (χ1v) is 10.6. The van der Waals surface area contributed by atoms with Crippen LogP contribution in [0, 0.1) is 11.6 Å². The minimum Gasteiger partial charge on any atom is -0.382 e. The molecule has 0 unspecified atom stereocenters. The number of anilines is 1. The average molecular weight is 471 g/mol. The molecule has 0 fully saturated rings. The van der Waals surface area contributed by atoms with Crippen LogP contribution >= 0.6 is 0 Å². The standard InChI is InChI=1S/C25H19F2N7O/c1-34-11-9-20(33-34)22-21(15-7-8-19-14(12-15)4-3-10-29-19)31-23(24(28)32-22)25(35)30-13-16-17(26)5-2-6-18(16)27/h2-12H,13H2,1H3,(H2,28,32)(H,30,35). The zero-order chi connectivity index (χ0) is 24.5.